The Kier molecular flexibility index (Phi) is 3.39. The van der Waals surface area contributed by atoms with Gasteiger partial charge in [0.15, 0.2) is 0 Å². The molecule has 1 aliphatic rings. The van der Waals surface area contributed by atoms with Crippen LogP contribution in [0.1, 0.15) is 37.4 Å². The van der Waals surface area contributed by atoms with Crippen molar-refractivity contribution < 1.29 is 14.3 Å². The number of rotatable bonds is 3. The van der Waals surface area contributed by atoms with Gasteiger partial charge in [0.2, 0.25) is 0 Å². The third kappa shape index (κ3) is 2.70. The Bertz CT molecular complexity index is 453. The Morgan fingerprint density at radius 3 is 2.78 bits per heavy atom. The van der Waals surface area contributed by atoms with Crippen LogP contribution < -0.4 is 5.32 Å². The van der Waals surface area contributed by atoms with Crippen LogP contribution in [0.3, 0.4) is 0 Å². The monoisotopic (exact) mass is 251 g/mol. The Labute approximate surface area is 106 Å². The van der Waals surface area contributed by atoms with Gasteiger partial charge in [0, 0.05) is 12.6 Å². The van der Waals surface area contributed by atoms with Crippen molar-refractivity contribution in [2.45, 2.75) is 32.0 Å². The molecule has 2 N–H and O–H groups in total. The number of aliphatic carboxylic acids is 1. The molecule has 0 amide bonds. The second kappa shape index (κ2) is 4.69. The minimum atomic E-state index is -1.37. The molecular formula is C14H18FNO2. The van der Waals surface area contributed by atoms with Gasteiger partial charge in [-0.15, -0.1) is 0 Å². The number of hydrogen-bond donors (Lipinski definition) is 2. The van der Waals surface area contributed by atoms with Crippen LogP contribution in [-0.2, 0) is 10.5 Å². The normalized spacial score (nSPS) is 24.2. The lowest BCUT2D eigenvalue weighted by atomic mass is 9.94. The standard InChI is InChI=1S/C14H18FNO2/c1-14(2,15)11-5-3-4-9(6-11)12-7-10(8-16-12)13(17)18/h3-6,10,12,16H,7-8H2,1-2H3,(H,17,18). The Balaban J connectivity index is 2.18. The van der Waals surface area contributed by atoms with E-state index in [0.29, 0.717) is 18.5 Å². The number of carboxylic acid groups (broad SMARTS) is 1. The van der Waals surface area contributed by atoms with Crippen LogP contribution in [0.2, 0.25) is 0 Å². The van der Waals surface area contributed by atoms with Gasteiger partial charge in [-0.05, 0) is 31.4 Å². The topological polar surface area (TPSA) is 49.3 Å². The van der Waals surface area contributed by atoms with Crippen LogP contribution in [-0.4, -0.2) is 17.6 Å². The number of carboxylic acids is 1. The Morgan fingerprint density at radius 2 is 2.22 bits per heavy atom. The fourth-order valence-electron chi connectivity index (χ4n) is 2.30. The Hall–Kier alpha value is -1.42. The predicted molar refractivity (Wildman–Crippen MR) is 67.1 cm³/mol. The molecule has 1 saturated heterocycles. The summed E-state index contributed by atoms with van der Waals surface area (Å²) in [6.45, 7) is 3.52. The van der Waals surface area contributed by atoms with Crippen molar-refractivity contribution in [1.29, 1.82) is 0 Å². The van der Waals surface area contributed by atoms with Gasteiger partial charge in [0.1, 0.15) is 5.67 Å². The summed E-state index contributed by atoms with van der Waals surface area (Å²) in [5.74, 6) is -1.12. The zero-order valence-corrected chi connectivity index (χ0v) is 10.6. The third-order valence-corrected chi connectivity index (χ3v) is 3.46. The maximum Gasteiger partial charge on any atom is 0.307 e. The lowest BCUT2D eigenvalue weighted by Gasteiger charge is -2.18. The summed E-state index contributed by atoms with van der Waals surface area (Å²) in [5.41, 5.74) is 0.212. The maximum absolute atomic E-state index is 13.9. The molecule has 0 spiro atoms. The molecule has 1 aromatic rings. The van der Waals surface area contributed by atoms with Crippen LogP contribution in [0.5, 0.6) is 0 Å². The molecule has 1 aromatic carbocycles. The van der Waals surface area contributed by atoms with Crippen LogP contribution in [0.15, 0.2) is 24.3 Å². The first kappa shape index (κ1) is 13.0. The largest absolute Gasteiger partial charge is 0.481 e. The molecule has 0 saturated carbocycles. The number of benzene rings is 1. The zero-order chi connectivity index (χ0) is 13.3. The summed E-state index contributed by atoms with van der Waals surface area (Å²) >= 11 is 0. The number of halogens is 1. The molecule has 0 aromatic heterocycles. The van der Waals surface area contributed by atoms with E-state index in [1.165, 1.54) is 13.8 Å². The first-order valence-corrected chi connectivity index (χ1v) is 6.13. The van der Waals surface area contributed by atoms with Gasteiger partial charge < -0.3 is 10.4 Å². The highest BCUT2D eigenvalue weighted by Crippen LogP contribution is 2.31. The lowest BCUT2D eigenvalue weighted by molar-refractivity contribution is -0.141. The van der Waals surface area contributed by atoms with E-state index < -0.39 is 11.6 Å². The molecule has 1 fully saturated rings. The summed E-state index contributed by atoms with van der Waals surface area (Å²) in [7, 11) is 0. The van der Waals surface area contributed by atoms with Crippen LogP contribution in [0.25, 0.3) is 0 Å². The second-order valence-corrected chi connectivity index (χ2v) is 5.33. The molecule has 2 atom stereocenters. The van der Waals surface area contributed by atoms with Crippen molar-refractivity contribution >= 4 is 5.97 Å². The van der Waals surface area contributed by atoms with Crippen molar-refractivity contribution in [3.05, 3.63) is 35.4 Å². The number of alkyl halides is 1. The van der Waals surface area contributed by atoms with Gasteiger partial charge >= 0.3 is 5.97 Å². The zero-order valence-electron chi connectivity index (χ0n) is 10.6. The number of hydrogen-bond acceptors (Lipinski definition) is 2. The summed E-state index contributed by atoms with van der Waals surface area (Å²) in [4.78, 5) is 10.9. The molecular weight excluding hydrogens is 233 g/mol. The highest BCUT2D eigenvalue weighted by atomic mass is 19.1. The molecule has 1 aliphatic heterocycles. The van der Waals surface area contributed by atoms with E-state index in [0.717, 1.165) is 5.56 Å². The van der Waals surface area contributed by atoms with E-state index >= 15 is 0 Å². The molecule has 2 unspecified atom stereocenters. The van der Waals surface area contributed by atoms with Crippen LogP contribution in [0, 0.1) is 5.92 Å². The molecule has 18 heavy (non-hydrogen) atoms. The first-order valence-electron chi connectivity index (χ1n) is 6.13. The van der Waals surface area contributed by atoms with Gasteiger partial charge in [0.25, 0.3) is 0 Å². The summed E-state index contributed by atoms with van der Waals surface area (Å²) < 4.78 is 13.9. The van der Waals surface area contributed by atoms with Crippen molar-refractivity contribution in [2.75, 3.05) is 6.54 Å². The first-order chi connectivity index (χ1) is 8.38. The molecule has 4 heteroatoms. The quantitative estimate of drug-likeness (QED) is 0.868. The van der Waals surface area contributed by atoms with Gasteiger partial charge in [-0.1, -0.05) is 24.3 Å². The average molecular weight is 251 g/mol. The summed E-state index contributed by atoms with van der Waals surface area (Å²) in [5, 5.41) is 12.1. The fourth-order valence-corrected chi connectivity index (χ4v) is 2.30. The number of carbonyl (C=O) groups is 1. The van der Waals surface area contributed by atoms with E-state index in [9.17, 15) is 9.18 Å². The maximum atomic E-state index is 13.9. The molecule has 2 rings (SSSR count). The molecule has 0 bridgehead atoms. The van der Waals surface area contributed by atoms with Gasteiger partial charge in [-0.25, -0.2) is 4.39 Å². The smallest absolute Gasteiger partial charge is 0.307 e. The second-order valence-electron chi connectivity index (χ2n) is 5.33. The number of nitrogens with one attached hydrogen (secondary N) is 1. The van der Waals surface area contributed by atoms with E-state index in [1.54, 1.807) is 6.07 Å². The van der Waals surface area contributed by atoms with E-state index in [-0.39, 0.29) is 12.0 Å². The van der Waals surface area contributed by atoms with E-state index in [1.807, 2.05) is 18.2 Å². The van der Waals surface area contributed by atoms with E-state index in [4.69, 9.17) is 5.11 Å². The van der Waals surface area contributed by atoms with Gasteiger partial charge in [-0.3, -0.25) is 4.79 Å². The highest BCUT2D eigenvalue weighted by molar-refractivity contribution is 5.70. The average Bonchev–Trinajstić information content (AvgIpc) is 2.77. The van der Waals surface area contributed by atoms with Crippen molar-refractivity contribution in [1.82, 2.24) is 5.32 Å². The van der Waals surface area contributed by atoms with Crippen LogP contribution in [0.4, 0.5) is 4.39 Å². The van der Waals surface area contributed by atoms with Crippen molar-refractivity contribution in [2.24, 2.45) is 5.92 Å². The van der Waals surface area contributed by atoms with Gasteiger partial charge in [0.05, 0.1) is 5.92 Å². The molecule has 98 valence electrons. The minimum absolute atomic E-state index is 0.00778. The molecule has 0 aliphatic carbocycles. The molecule has 3 nitrogen and oxygen atoms in total. The minimum Gasteiger partial charge on any atom is -0.481 e. The molecule has 1 heterocycles. The van der Waals surface area contributed by atoms with Crippen molar-refractivity contribution in [3.8, 4) is 0 Å². The summed E-state index contributed by atoms with van der Waals surface area (Å²) in [6.07, 6.45) is 0.561. The highest BCUT2D eigenvalue weighted by Gasteiger charge is 2.30. The van der Waals surface area contributed by atoms with E-state index in [2.05, 4.69) is 5.32 Å². The summed E-state index contributed by atoms with van der Waals surface area (Å²) in [6, 6.07) is 7.32. The third-order valence-electron chi connectivity index (χ3n) is 3.46. The SMILES string of the molecule is CC(C)(F)c1cccc(C2CC(C(=O)O)CN2)c1. The van der Waals surface area contributed by atoms with Crippen molar-refractivity contribution in [3.63, 3.8) is 0 Å². The van der Waals surface area contributed by atoms with Crippen LogP contribution >= 0.6 is 0 Å². The predicted octanol–water partition coefficient (Wildman–Crippen LogP) is 2.63. The molecule has 0 radical (unpaired) electrons. The fraction of sp³-hybridized carbons (Fsp3) is 0.500. The van der Waals surface area contributed by atoms with Gasteiger partial charge in [-0.2, -0.15) is 0 Å². The lowest BCUT2D eigenvalue weighted by Crippen LogP contribution is -2.17. The Morgan fingerprint density at radius 1 is 1.50 bits per heavy atom.